The maximum Gasteiger partial charge on any atom is 0.0761 e. The van der Waals surface area contributed by atoms with Gasteiger partial charge in [0, 0.05) is 46.8 Å². The van der Waals surface area contributed by atoms with Crippen LogP contribution in [0.2, 0.25) is 10.0 Å². The summed E-state index contributed by atoms with van der Waals surface area (Å²) in [6.45, 7) is 7.37. The molecule has 0 spiro atoms. The summed E-state index contributed by atoms with van der Waals surface area (Å²) in [4.78, 5) is 2.43. The molecule has 0 radical (unpaired) electrons. The van der Waals surface area contributed by atoms with Crippen molar-refractivity contribution in [3.8, 4) is 0 Å². The summed E-state index contributed by atoms with van der Waals surface area (Å²) in [5.41, 5.74) is 3.37. The van der Waals surface area contributed by atoms with Gasteiger partial charge in [0.25, 0.3) is 0 Å². The normalized spacial score (nSPS) is 19.1. The predicted molar refractivity (Wildman–Crippen MR) is 110 cm³/mol. The first kappa shape index (κ1) is 17.7. The summed E-state index contributed by atoms with van der Waals surface area (Å²) >= 11 is 12.5. The summed E-state index contributed by atoms with van der Waals surface area (Å²) in [6.07, 6.45) is 1.92. The number of rotatable bonds is 3. The van der Waals surface area contributed by atoms with Crippen LogP contribution < -0.4 is 10.2 Å². The van der Waals surface area contributed by atoms with E-state index >= 15 is 0 Å². The van der Waals surface area contributed by atoms with E-state index in [0.717, 1.165) is 36.1 Å². The predicted octanol–water partition coefficient (Wildman–Crippen LogP) is 4.75. The fourth-order valence-corrected chi connectivity index (χ4v) is 4.24. The van der Waals surface area contributed by atoms with Crippen molar-refractivity contribution >= 4 is 39.8 Å². The van der Waals surface area contributed by atoms with Gasteiger partial charge in [-0.15, -0.1) is 0 Å². The van der Waals surface area contributed by atoms with Crippen LogP contribution in [0.5, 0.6) is 0 Å². The second-order valence-electron chi connectivity index (χ2n) is 6.98. The van der Waals surface area contributed by atoms with E-state index in [1.54, 1.807) is 6.07 Å². The molecule has 1 unspecified atom stereocenters. The average Bonchev–Trinajstić information content (AvgIpc) is 3.04. The molecule has 0 saturated carbocycles. The van der Waals surface area contributed by atoms with E-state index in [0.29, 0.717) is 16.1 Å². The SMILES string of the molecule is CC1CN(c2ccc3cnn([C@H](C)c4ccc(Cl)cc4Cl)c3c2)CCN1. The monoisotopic (exact) mass is 388 g/mol. The molecule has 0 aliphatic carbocycles. The molecule has 136 valence electrons. The largest absolute Gasteiger partial charge is 0.369 e. The van der Waals surface area contributed by atoms with Gasteiger partial charge in [0.1, 0.15) is 0 Å². The lowest BCUT2D eigenvalue weighted by atomic mass is 10.1. The van der Waals surface area contributed by atoms with Crippen molar-refractivity contribution < 1.29 is 0 Å². The molecule has 1 fully saturated rings. The molecule has 0 bridgehead atoms. The Hall–Kier alpha value is -1.75. The maximum atomic E-state index is 6.42. The number of nitrogens with one attached hydrogen (secondary N) is 1. The number of anilines is 1. The average molecular weight is 389 g/mol. The van der Waals surface area contributed by atoms with E-state index in [1.165, 1.54) is 5.69 Å². The van der Waals surface area contributed by atoms with Crippen LogP contribution in [0.1, 0.15) is 25.5 Å². The number of hydrogen-bond acceptors (Lipinski definition) is 3. The minimum absolute atomic E-state index is 0.0227. The molecular formula is C20H22Cl2N4. The minimum Gasteiger partial charge on any atom is -0.369 e. The first-order valence-electron chi connectivity index (χ1n) is 8.93. The fourth-order valence-electron chi connectivity index (χ4n) is 3.67. The second-order valence-corrected chi connectivity index (χ2v) is 7.82. The van der Waals surface area contributed by atoms with E-state index in [1.807, 2.05) is 23.0 Å². The first-order valence-corrected chi connectivity index (χ1v) is 9.69. The molecule has 26 heavy (non-hydrogen) atoms. The van der Waals surface area contributed by atoms with Crippen molar-refractivity contribution in [1.29, 1.82) is 0 Å². The van der Waals surface area contributed by atoms with E-state index in [9.17, 15) is 0 Å². The van der Waals surface area contributed by atoms with Gasteiger partial charge in [0.2, 0.25) is 0 Å². The van der Waals surface area contributed by atoms with Gasteiger partial charge in [-0.2, -0.15) is 5.10 Å². The number of hydrogen-bond donors (Lipinski definition) is 1. The van der Waals surface area contributed by atoms with E-state index in [2.05, 4.69) is 47.4 Å². The zero-order chi connectivity index (χ0) is 18.3. The molecule has 6 heteroatoms. The van der Waals surface area contributed by atoms with Crippen LogP contribution >= 0.6 is 23.2 Å². The van der Waals surface area contributed by atoms with Gasteiger partial charge in [0.15, 0.2) is 0 Å². The molecule has 1 aliphatic heterocycles. The summed E-state index contributed by atoms with van der Waals surface area (Å²) < 4.78 is 2.04. The third-order valence-corrected chi connectivity index (χ3v) is 5.66. The number of fused-ring (bicyclic) bond motifs is 1. The van der Waals surface area contributed by atoms with Gasteiger partial charge in [-0.1, -0.05) is 29.3 Å². The summed E-state index contributed by atoms with van der Waals surface area (Å²) in [5.74, 6) is 0. The van der Waals surface area contributed by atoms with Gasteiger partial charge in [-0.3, -0.25) is 4.68 Å². The molecular weight excluding hydrogens is 367 g/mol. The third-order valence-electron chi connectivity index (χ3n) is 5.10. The quantitative estimate of drug-likeness (QED) is 0.702. The van der Waals surface area contributed by atoms with Crippen LogP contribution in [0.15, 0.2) is 42.6 Å². The standard InChI is InChI=1S/C20H22Cl2N4/c1-13-12-25(8-7-23-13)17-5-3-15-11-24-26(20(15)10-17)14(2)18-6-4-16(21)9-19(18)22/h3-6,9-11,13-14,23H,7-8,12H2,1-2H3/t13?,14-/m1/s1. The molecule has 4 nitrogen and oxygen atoms in total. The third kappa shape index (κ3) is 3.29. The Balaban J connectivity index is 1.72. The summed E-state index contributed by atoms with van der Waals surface area (Å²) in [6, 6.07) is 12.7. The topological polar surface area (TPSA) is 33.1 Å². The summed E-state index contributed by atoms with van der Waals surface area (Å²) in [5, 5.41) is 10.6. The van der Waals surface area contributed by atoms with Gasteiger partial charge in [-0.25, -0.2) is 0 Å². The molecule has 1 saturated heterocycles. The molecule has 2 atom stereocenters. The van der Waals surface area contributed by atoms with Crippen LogP contribution in [-0.2, 0) is 0 Å². The maximum absolute atomic E-state index is 6.42. The molecule has 2 heterocycles. The molecule has 3 aromatic rings. The molecule has 0 amide bonds. The zero-order valence-corrected chi connectivity index (χ0v) is 16.4. The highest BCUT2D eigenvalue weighted by Gasteiger charge is 2.19. The number of nitrogens with zero attached hydrogens (tertiary/aromatic N) is 3. The summed E-state index contributed by atoms with van der Waals surface area (Å²) in [7, 11) is 0. The minimum atomic E-state index is 0.0227. The smallest absolute Gasteiger partial charge is 0.0761 e. The Morgan fingerprint density at radius 2 is 2.04 bits per heavy atom. The van der Waals surface area contributed by atoms with Crippen LogP contribution in [0.25, 0.3) is 10.9 Å². The lowest BCUT2D eigenvalue weighted by Crippen LogP contribution is -2.49. The molecule has 4 rings (SSSR count). The number of piperazine rings is 1. The van der Waals surface area contributed by atoms with Crippen molar-refractivity contribution in [3.63, 3.8) is 0 Å². The highest BCUT2D eigenvalue weighted by molar-refractivity contribution is 6.35. The Labute approximate surface area is 163 Å². The van der Waals surface area contributed by atoms with Crippen molar-refractivity contribution in [2.75, 3.05) is 24.5 Å². The number of halogens is 2. The Kier molecular flexibility index (Phi) is 4.82. The lowest BCUT2D eigenvalue weighted by Gasteiger charge is -2.33. The van der Waals surface area contributed by atoms with Gasteiger partial charge in [0.05, 0.1) is 17.8 Å². The van der Waals surface area contributed by atoms with E-state index in [4.69, 9.17) is 23.2 Å². The Morgan fingerprint density at radius 3 is 2.81 bits per heavy atom. The van der Waals surface area contributed by atoms with Gasteiger partial charge >= 0.3 is 0 Å². The van der Waals surface area contributed by atoms with Crippen molar-refractivity contribution in [1.82, 2.24) is 15.1 Å². The molecule has 1 aromatic heterocycles. The second kappa shape index (κ2) is 7.10. The van der Waals surface area contributed by atoms with Crippen LogP contribution in [-0.4, -0.2) is 35.5 Å². The number of aromatic nitrogens is 2. The molecule has 1 N–H and O–H groups in total. The van der Waals surface area contributed by atoms with Gasteiger partial charge < -0.3 is 10.2 Å². The van der Waals surface area contributed by atoms with Crippen LogP contribution in [0.3, 0.4) is 0 Å². The first-order chi connectivity index (χ1) is 12.5. The number of benzene rings is 2. The van der Waals surface area contributed by atoms with Crippen LogP contribution in [0, 0.1) is 0 Å². The molecule has 2 aromatic carbocycles. The molecule has 1 aliphatic rings. The Morgan fingerprint density at radius 1 is 1.19 bits per heavy atom. The fraction of sp³-hybridized carbons (Fsp3) is 0.350. The van der Waals surface area contributed by atoms with E-state index in [-0.39, 0.29) is 6.04 Å². The highest BCUT2D eigenvalue weighted by atomic mass is 35.5. The highest BCUT2D eigenvalue weighted by Crippen LogP contribution is 2.31. The van der Waals surface area contributed by atoms with Gasteiger partial charge in [-0.05, 0) is 49.7 Å². The Bertz CT molecular complexity index is 937. The van der Waals surface area contributed by atoms with Crippen LogP contribution in [0.4, 0.5) is 5.69 Å². The van der Waals surface area contributed by atoms with Crippen molar-refractivity contribution in [3.05, 3.63) is 58.2 Å². The van der Waals surface area contributed by atoms with Crippen molar-refractivity contribution in [2.45, 2.75) is 25.9 Å². The zero-order valence-electron chi connectivity index (χ0n) is 14.9. The van der Waals surface area contributed by atoms with Crippen molar-refractivity contribution in [2.24, 2.45) is 0 Å². The lowest BCUT2D eigenvalue weighted by molar-refractivity contribution is 0.485. The van der Waals surface area contributed by atoms with E-state index < -0.39 is 0 Å².